The minimum absolute atomic E-state index is 0.0998. The van der Waals surface area contributed by atoms with E-state index in [1.165, 1.54) is 30.3 Å². The van der Waals surface area contributed by atoms with Crippen molar-refractivity contribution in [2.24, 2.45) is 5.92 Å². The molecule has 3 amide bonds. The minimum atomic E-state index is -4.60. The first kappa shape index (κ1) is 39.1. The lowest BCUT2D eigenvalue weighted by Gasteiger charge is -2.31. The van der Waals surface area contributed by atoms with E-state index in [0.717, 1.165) is 49.5 Å². The van der Waals surface area contributed by atoms with Gasteiger partial charge < -0.3 is 39.3 Å². The van der Waals surface area contributed by atoms with E-state index in [1.54, 1.807) is 26.0 Å². The average Bonchev–Trinajstić information content (AvgIpc) is 3.84. The maximum atomic E-state index is 13.5. The van der Waals surface area contributed by atoms with Crippen LogP contribution in [0, 0.1) is 5.92 Å². The van der Waals surface area contributed by atoms with Crippen LogP contribution < -0.4 is 25.6 Å². The van der Waals surface area contributed by atoms with E-state index in [9.17, 15) is 33.5 Å². The fourth-order valence-corrected chi connectivity index (χ4v) is 6.65. The van der Waals surface area contributed by atoms with Gasteiger partial charge in [-0.25, -0.2) is 4.79 Å². The number of carbonyl (C=O) groups excluding carboxylic acids is 4. The van der Waals surface area contributed by atoms with Crippen molar-refractivity contribution in [2.45, 2.75) is 71.8 Å². The van der Waals surface area contributed by atoms with Crippen molar-refractivity contribution in [3.8, 4) is 17.1 Å². The summed E-state index contributed by atoms with van der Waals surface area (Å²) < 4.78 is 23.0. The van der Waals surface area contributed by atoms with Crippen LogP contribution in [0.5, 0.6) is 5.75 Å². The van der Waals surface area contributed by atoms with Crippen LogP contribution in [0.2, 0.25) is 0 Å². The SMILES string of the molecule is CCCCC[C@@H](C(=O)NCNC(=O)c1ccc(-c2cc(OCC)cc(P(=O)(O)O)c2)o1)[C@@H](CC)N(C=O)OC(=O)c1ccc(N2CCCC2)cc1. The van der Waals surface area contributed by atoms with Gasteiger partial charge in [-0.3, -0.25) is 18.9 Å². The molecule has 0 radical (unpaired) electrons. The van der Waals surface area contributed by atoms with Gasteiger partial charge in [-0.1, -0.05) is 33.1 Å². The highest BCUT2D eigenvalue weighted by Crippen LogP contribution is 2.37. The fourth-order valence-electron chi connectivity index (χ4n) is 6.04. The second kappa shape index (κ2) is 18.5. The molecular formula is C36H47N4O10P. The highest BCUT2D eigenvalue weighted by atomic mass is 31.2. The van der Waals surface area contributed by atoms with Crippen molar-refractivity contribution in [1.29, 1.82) is 0 Å². The van der Waals surface area contributed by atoms with Crippen molar-refractivity contribution in [3.05, 3.63) is 65.9 Å². The Labute approximate surface area is 297 Å². The van der Waals surface area contributed by atoms with E-state index in [1.807, 2.05) is 19.1 Å². The van der Waals surface area contributed by atoms with Gasteiger partial charge in [0, 0.05) is 24.3 Å². The molecule has 0 unspecified atom stereocenters. The van der Waals surface area contributed by atoms with Crippen LogP contribution in [0.25, 0.3) is 11.3 Å². The summed E-state index contributed by atoms with van der Waals surface area (Å²) in [4.78, 5) is 78.9. The Morgan fingerprint density at radius 1 is 1.00 bits per heavy atom. The van der Waals surface area contributed by atoms with Crippen LogP contribution in [0.15, 0.2) is 59.0 Å². The summed E-state index contributed by atoms with van der Waals surface area (Å²) >= 11 is 0. The summed E-state index contributed by atoms with van der Waals surface area (Å²) in [5, 5.41) is 5.93. The first-order valence-corrected chi connectivity index (χ1v) is 18.9. The van der Waals surface area contributed by atoms with Gasteiger partial charge >= 0.3 is 13.6 Å². The molecule has 15 heteroatoms. The van der Waals surface area contributed by atoms with E-state index < -0.39 is 37.3 Å². The third-order valence-electron chi connectivity index (χ3n) is 8.70. The van der Waals surface area contributed by atoms with Crippen LogP contribution in [-0.2, 0) is 19.0 Å². The van der Waals surface area contributed by atoms with Gasteiger partial charge in [0.25, 0.3) is 5.91 Å². The molecule has 4 rings (SSSR count). The molecule has 51 heavy (non-hydrogen) atoms. The molecule has 0 aliphatic carbocycles. The van der Waals surface area contributed by atoms with Gasteiger partial charge in [0.1, 0.15) is 11.5 Å². The Balaban J connectivity index is 1.40. The van der Waals surface area contributed by atoms with Gasteiger partial charge in [0.15, 0.2) is 5.76 Å². The molecule has 2 heterocycles. The number of rotatable bonds is 19. The van der Waals surface area contributed by atoms with Gasteiger partial charge in [0.05, 0.1) is 36.1 Å². The van der Waals surface area contributed by atoms with Crippen molar-refractivity contribution < 1.29 is 47.5 Å². The Hall–Kier alpha value is -4.65. The van der Waals surface area contributed by atoms with E-state index in [-0.39, 0.29) is 41.4 Å². The van der Waals surface area contributed by atoms with Gasteiger partial charge in [-0.15, -0.1) is 0 Å². The number of benzene rings is 2. The normalized spacial score (nSPS) is 14.0. The Kier molecular flexibility index (Phi) is 14.2. The number of carbonyl (C=O) groups is 4. The molecule has 1 aromatic heterocycles. The van der Waals surface area contributed by atoms with Crippen LogP contribution in [-0.4, -0.2) is 71.5 Å². The lowest BCUT2D eigenvalue weighted by molar-refractivity contribution is -0.171. The molecule has 14 nitrogen and oxygen atoms in total. The molecule has 1 fully saturated rings. The van der Waals surface area contributed by atoms with Gasteiger partial charge in [0.2, 0.25) is 12.3 Å². The fraction of sp³-hybridized carbons (Fsp3) is 0.444. The molecule has 1 saturated heterocycles. The Morgan fingerprint density at radius 2 is 1.73 bits per heavy atom. The summed E-state index contributed by atoms with van der Waals surface area (Å²) in [5.74, 6) is -2.24. The number of anilines is 1. The number of hydroxylamine groups is 2. The highest BCUT2D eigenvalue weighted by Gasteiger charge is 2.34. The largest absolute Gasteiger partial charge is 0.494 e. The predicted octanol–water partition coefficient (Wildman–Crippen LogP) is 4.76. The zero-order chi connectivity index (χ0) is 37.0. The molecule has 0 spiro atoms. The molecule has 1 aliphatic rings. The van der Waals surface area contributed by atoms with E-state index >= 15 is 0 Å². The summed E-state index contributed by atoms with van der Waals surface area (Å²) in [6.07, 6.45) is 5.84. The number of furan rings is 1. The standard InChI is InChI=1S/C36H47N4O10P/c1-4-7-8-11-30(31(5-2)40(24-41)50-36(44)25-12-14-27(15-13-25)39-18-9-10-19-39)34(42)37-23-38-35(43)33-17-16-32(49-33)26-20-28(48-6-3)22-29(21-26)51(45,46)47/h12-17,20-22,24,30-31H,4-11,18-19,23H2,1-3H3,(H,37,42)(H,38,43)(H2,45,46,47)/t30-,31-/m1/s1. The number of ether oxygens (including phenoxy) is 1. The average molecular weight is 727 g/mol. The molecule has 0 bridgehead atoms. The molecule has 4 N–H and O–H groups in total. The second-order valence-corrected chi connectivity index (χ2v) is 13.8. The van der Waals surface area contributed by atoms with E-state index in [0.29, 0.717) is 31.2 Å². The molecule has 0 saturated carbocycles. The lowest BCUT2D eigenvalue weighted by Crippen LogP contribution is -2.49. The first-order chi connectivity index (χ1) is 24.5. The minimum Gasteiger partial charge on any atom is -0.494 e. The van der Waals surface area contributed by atoms with Crippen molar-refractivity contribution in [3.63, 3.8) is 0 Å². The zero-order valence-corrected chi connectivity index (χ0v) is 30.1. The number of unbranched alkanes of at least 4 members (excludes halogenated alkanes) is 2. The van der Waals surface area contributed by atoms with Crippen LogP contribution in [0.1, 0.15) is 86.6 Å². The van der Waals surface area contributed by atoms with Crippen LogP contribution in [0.3, 0.4) is 0 Å². The summed E-state index contributed by atoms with van der Waals surface area (Å²) in [6, 6.07) is 13.2. The van der Waals surface area contributed by atoms with E-state index in [2.05, 4.69) is 15.5 Å². The number of hydrogen-bond acceptors (Lipinski definition) is 9. The van der Waals surface area contributed by atoms with Crippen LogP contribution in [0.4, 0.5) is 5.69 Å². The summed E-state index contributed by atoms with van der Waals surface area (Å²) in [7, 11) is -4.60. The summed E-state index contributed by atoms with van der Waals surface area (Å²) in [6.45, 7) is 7.49. The van der Waals surface area contributed by atoms with Gasteiger partial charge in [-0.2, -0.15) is 5.06 Å². The van der Waals surface area contributed by atoms with Crippen molar-refractivity contribution in [1.82, 2.24) is 15.7 Å². The highest BCUT2D eigenvalue weighted by molar-refractivity contribution is 7.60. The molecule has 2 atom stereocenters. The second-order valence-electron chi connectivity index (χ2n) is 12.2. The maximum absolute atomic E-state index is 13.5. The molecular weight excluding hydrogens is 679 g/mol. The molecule has 2 aromatic carbocycles. The maximum Gasteiger partial charge on any atom is 0.363 e. The van der Waals surface area contributed by atoms with Crippen LogP contribution >= 0.6 is 7.60 Å². The lowest BCUT2D eigenvalue weighted by atomic mass is 9.90. The summed E-state index contributed by atoms with van der Waals surface area (Å²) in [5.41, 5.74) is 1.59. The van der Waals surface area contributed by atoms with Gasteiger partial charge in [-0.05, 0) is 87.2 Å². The Bertz CT molecular complexity index is 1680. The monoisotopic (exact) mass is 726 g/mol. The third kappa shape index (κ3) is 10.7. The van der Waals surface area contributed by atoms with Crippen molar-refractivity contribution >= 4 is 42.8 Å². The number of nitrogens with zero attached hydrogens (tertiary/aromatic N) is 2. The number of hydrogen-bond donors (Lipinski definition) is 4. The molecule has 1 aliphatic heterocycles. The number of amides is 3. The molecule has 276 valence electrons. The molecule has 3 aromatic rings. The zero-order valence-electron chi connectivity index (χ0n) is 29.2. The smallest absolute Gasteiger partial charge is 0.363 e. The van der Waals surface area contributed by atoms with Crippen molar-refractivity contribution in [2.75, 3.05) is 31.3 Å². The predicted molar refractivity (Wildman–Crippen MR) is 190 cm³/mol. The third-order valence-corrected chi connectivity index (χ3v) is 9.63. The quantitative estimate of drug-likeness (QED) is 0.0439. The van der Waals surface area contributed by atoms with E-state index in [4.69, 9.17) is 14.0 Å². The Morgan fingerprint density at radius 3 is 2.35 bits per heavy atom. The topological polar surface area (TPSA) is 188 Å². The number of nitrogens with one attached hydrogen (secondary N) is 2. The first-order valence-electron chi connectivity index (χ1n) is 17.3.